The smallest absolute Gasteiger partial charge is 0.252 e. The first-order valence-electron chi connectivity index (χ1n) is 9.02. The molecule has 1 atom stereocenters. The molecule has 1 unspecified atom stereocenters. The van der Waals surface area contributed by atoms with E-state index in [4.69, 9.17) is 9.40 Å². The lowest BCUT2D eigenvalue weighted by molar-refractivity contribution is 0.0925. The first-order valence-corrected chi connectivity index (χ1v) is 9.02. The number of nitrogens with zero attached hydrogens (tertiary/aromatic N) is 3. The highest BCUT2D eigenvalue weighted by Crippen LogP contribution is 2.25. The van der Waals surface area contributed by atoms with Gasteiger partial charge in [-0.05, 0) is 25.1 Å². The Hall–Kier alpha value is -3.45. The van der Waals surface area contributed by atoms with Crippen molar-refractivity contribution in [3.63, 3.8) is 0 Å². The molecule has 7 heteroatoms. The minimum atomic E-state index is -0.628. The predicted octanol–water partition coefficient (Wildman–Crippen LogP) is 2.85. The van der Waals surface area contributed by atoms with Crippen LogP contribution in [0.5, 0.6) is 0 Å². The molecule has 28 heavy (non-hydrogen) atoms. The summed E-state index contributed by atoms with van der Waals surface area (Å²) in [7, 11) is 0. The quantitative estimate of drug-likeness (QED) is 0.540. The standard InChI is InChI=1S/C21H20N4O3/c1-14(26)11-22-21(27)17-10-19(15-6-3-2-4-7-15)24-20-18(17)12-23-25(20)13-16-8-5-9-28-16/h2-10,12,14,26H,11,13H2,1H3,(H,22,27). The van der Waals surface area contributed by atoms with Crippen LogP contribution in [0.3, 0.4) is 0 Å². The van der Waals surface area contributed by atoms with Gasteiger partial charge in [0.1, 0.15) is 12.3 Å². The molecule has 3 aromatic heterocycles. The van der Waals surface area contributed by atoms with Crippen molar-refractivity contribution in [2.75, 3.05) is 6.54 Å². The highest BCUT2D eigenvalue weighted by Gasteiger charge is 2.18. The van der Waals surface area contributed by atoms with Gasteiger partial charge in [0.25, 0.3) is 5.91 Å². The molecule has 0 aliphatic heterocycles. The molecule has 2 N–H and O–H groups in total. The number of hydrogen-bond acceptors (Lipinski definition) is 5. The van der Waals surface area contributed by atoms with Crippen LogP contribution in [0.4, 0.5) is 0 Å². The molecule has 0 aliphatic carbocycles. The van der Waals surface area contributed by atoms with Crippen molar-refractivity contribution in [1.82, 2.24) is 20.1 Å². The van der Waals surface area contributed by atoms with E-state index < -0.39 is 6.10 Å². The van der Waals surface area contributed by atoms with Crippen molar-refractivity contribution < 1.29 is 14.3 Å². The lowest BCUT2D eigenvalue weighted by Crippen LogP contribution is -2.30. The summed E-state index contributed by atoms with van der Waals surface area (Å²) in [6.07, 6.45) is 2.62. The van der Waals surface area contributed by atoms with Gasteiger partial charge < -0.3 is 14.8 Å². The number of hydrogen-bond donors (Lipinski definition) is 2. The fourth-order valence-electron chi connectivity index (χ4n) is 2.99. The van der Waals surface area contributed by atoms with E-state index in [0.29, 0.717) is 28.8 Å². The summed E-state index contributed by atoms with van der Waals surface area (Å²) in [4.78, 5) is 17.5. The summed E-state index contributed by atoms with van der Waals surface area (Å²) in [5, 5.41) is 17.3. The van der Waals surface area contributed by atoms with Crippen LogP contribution < -0.4 is 5.32 Å². The zero-order valence-electron chi connectivity index (χ0n) is 15.4. The van der Waals surface area contributed by atoms with Gasteiger partial charge in [-0.25, -0.2) is 9.67 Å². The number of aromatic nitrogens is 3. The maximum atomic E-state index is 12.8. The van der Waals surface area contributed by atoms with E-state index in [1.54, 1.807) is 30.1 Å². The van der Waals surface area contributed by atoms with Gasteiger partial charge in [-0.15, -0.1) is 0 Å². The third kappa shape index (κ3) is 3.65. The minimum Gasteiger partial charge on any atom is -0.467 e. The molecular formula is C21H20N4O3. The highest BCUT2D eigenvalue weighted by molar-refractivity contribution is 6.06. The zero-order chi connectivity index (χ0) is 19.5. The fourth-order valence-corrected chi connectivity index (χ4v) is 2.99. The number of carbonyl (C=O) groups is 1. The minimum absolute atomic E-state index is 0.170. The highest BCUT2D eigenvalue weighted by atomic mass is 16.3. The number of aliphatic hydroxyl groups is 1. The largest absolute Gasteiger partial charge is 0.467 e. The summed E-state index contributed by atoms with van der Waals surface area (Å²) in [5.74, 6) is 0.472. The third-order valence-electron chi connectivity index (χ3n) is 4.37. The Bertz CT molecular complexity index is 1090. The number of aliphatic hydroxyl groups excluding tert-OH is 1. The number of pyridine rings is 1. The number of rotatable bonds is 6. The predicted molar refractivity (Wildman–Crippen MR) is 105 cm³/mol. The SMILES string of the molecule is CC(O)CNC(=O)c1cc(-c2ccccc2)nc2c1cnn2Cc1ccco1. The van der Waals surface area contributed by atoms with Crippen molar-refractivity contribution >= 4 is 16.9 Å². The molecule has 0 saturated carbocycles. The molecule has 1 amide bonds. The number of nitrogens with one attached hydrogen (secondary N) is 1. The second-order valence-electron chi connectivity index (χ2n) is 6.60. The van der Waals surface area contributed by atoms with E-state index in [1.165, 1.54) is 0 Å². The van der Waals surface area contributed by atoms with Crippen molar-refractivity contribution in [2.24, 2.45) is 0 Å². The average molecular weight is 376 g/mol. The number of benzene rings is 1. The van der Waals surface area contributed by atoms with Gasteiger partial charge in [0.05, 0.1) is 35.2 Å². The molecular weight excluding hydrogens is 356 g/mol. The lowest BCUT2D eigenvalue weighted by atomic mass is 10.1. The van der Waals surface area contributed by atoms with Crippen molar-refractivity contribution in [1.29, 1.82) is 0 Å². The van der Waals surface area contributed by atoms with Crippen LogP contribution in [0.15, 0.2) is 65.4 Å². The Morgan fingerprint density at radius 2 is 2.07 bits per heavy atom. The molecule has 0 spiro atoms. The maximum Gasteiger partial charge on any atom is 0.252 e. The van der Waals surface area contributed by atoms with Gasteiger partial charge in [0, 0.05) is 12.1 Å². The normalized spacial score (nSPS) is 12.2. The summed E-state index contributed by atoms with van der Waals surface area (Å²) >= 11 is 0. The zero-order valence-corrected chi connectivity index (χ0v) is 15.4. The van der Waals surface area contributed by atoms with Crippen LogP contribution in [0.25, 0.3) is 22.3 Å². The monoisotopic (exact) mass is 376 g/mol. The van der Waals surface area contributed by atoms with Gasteiger partial charge in [0.15, 0.2) is 5.65 Å². The number of carbonyl (C=O) groups excluding carboxylic acids is 1. The Balaban J connectivity index is 1.82. The van der Waals surface area contributed by atoms with E-state index in [2.05, 4.69) is 10.4 Å². The van der Waals surface area contributed by atoms with Gasteiger partial charge in [-0.2, -0.15) is 5.10 Å². The van der Waals surface area contributed by atoms with Crippen LogP contribution >= 0.6 is 0 Å². The molecule has 0 saturated heterocycles. The van der Waals surface area contributed by atoms with Crippen molar-refractivity contribution in [2.45, 2.75) is 19.6 Å². The van der Waals surface area contributed by atoms with Gasteiger partial charge in [0.2, 0.25) is 0 Å². The Morgan fingerprint density at radius 1 is 1.25 bits per heavy atom. The van der Waals surface area contributed by atoms with E-state index in [1.807, 2.05) is 42.5 Å². The molecule has 0 fully saturated rings. The van der Waals surface area contributed by atoms with Gasteiger partial charge in [-0.3, -0.25) is 4.79 Å². The van der Waals surface area contributed by atoms with Crippen LogP contribution in [0.1, 0.15) is 23.0 Å². The Kier molecular flexibility index (Phi) is 4.90. The molecule has 142 valence electrons. The van der Waals surface area contributed by atoms with Crippen LogP contribution in [-0.4, -0.2) is 38.4 Å². The first kappa shape index (κ1) is 17.9. The summed E-state index contributed by atoms with van der Waals surface area (Å²) in [6.45, 7) is 2.21. The van der Waals surface area contributed by atoms with E-state index >= 15 is 0 Å². The average Bonchev–Trinajstić information content (AvgIpc) is 3.36. The number of furan rings is 1. The molecule has 3 heterocycles. The third-order valence-corrected chi connectivity index (χ3v) is 4.37. The van der Waals surface area contributed by atoms with Crippen molar-refractivity contribution in [3.05, 3.63) is 72.3 Å². The van der Waals surface area contributed by atoms with Gasteiger partial charge >= 0.3 is 0 Å². The summed E-state index contributed by atoms with van der Waals surface area (Å²) in [5.41, 5.74) is 2.64. The summed E-state index contributed by atoms with van der Waals surface area (Å²) < 4.78 is 7.13. The van der Waals surface area contributed by atoms with E-state index in [-0.39, 0.29) is 12.5 Å². The number of amides is 1. The fraction of sp³-hybridized carbons (Fsp3) is 0.190. The van der Waals surface area contributed by atoms with E-state index in [0.717, 1.165) is 11.3 Å². The lowest BCUT2D eigenvalue weighted by Gasteiger charge is -2.10. The van der Waals surface area contributed by atoms with Crippen LogP contribution in [-0.2, 0) is 6.54 Å². The molecule has 0 radical (unpaired) electrons. The molecule has 4 aromatic rings. The first-order chi connectivity index (χ1) is 13.6. The van der Waals surface area contributed by atoms with Crippen LogP contribution in [0.2, 0.25) is 0 Å². The summed E-state index contributed by atoms with van der Waals surface area (Å²) in [6, 6.07) is 15.1. The molecule has 0 bridgehead atoms. The molecule has 0 aliphatic rings. The Labute approximate surface area is 161 Å². The maximum absolute atomic E-state index is 12.8. The molecule has 1 aromatic carbocycles. The molecule has 4 rings (SSSR count). The van der Waals surface area contributed by atoms with Crippen LogP contribution in [0, 0.1) is 0 Å². The topological polar surface area (TPSA) is 93.2 Å². The second-order valence-corrected chi connectivity index (χ2v) is 6.60. The van der Waals surface area contributed by atoms with Gasteiger partial charge in [-0.1, -0.05) is 30.3 Å². The second kappa shape index (κ2) is 7.66. The number of fused-ring (bicyclic) bond motifs is 1. The molecule has 7 nitrogen and oxygen atoms in total. The Morgan fingerprint density at radius 3 is 2.79 bits per heavy atom. The van der Waals surface area contributed by atoms with Crippen molar-refractivity contribution in [3.8, 4) is 11.3 Å². The van der Waals surface area contributed by atoms with E-state index in [9.17, 15) is 9.90 Å².